The number of allylic oxidation sites excluding steroid dienone is 28. The van der Waals surface area contributed by atoms with Gasteiger partial charge in [0.2, 0.25) is 0 Å². The van der Waals surface area contributed by atoms with Crippen molar-refractivity contribution in [2.24, 2.45) is 0 Å². The largest absolute Gasteiger partial charge is 0.462 e. The molecule has 0 spiro atoms. The van der Waals surface area contributed by atoms with Crippen LogP contribution in [-0.4, -0.2) is 37.2 Å². The monoisotopic (exact) mass is 1110 g/mol. The summed E-state index contributed by atoms with van der Waals surface area (Å²) in [6, 6.07) is 0. The van der Waals surface area contributed by atoms with Gasteiger partial charge in [-0.2, -0.15) is 0 Å². The molecular formula is C75H118O6. The van der Waals surface area contributed by atoms with Gasteiger partial charge in [0, 0.05) is 19.3 Å². The van der Waals surface area contributed by atoms with Crippen LogP contribution >= 0.6 is 0 Å². The number of rotatable bonds is 57. The molecule has 0 aromatic heterocycles. The first-order chi connectivity index (χ1) is 40.0. The Morgan fingerprint density at radius 3 is 0.728 bits per heavy atom. The van der Waals surface area contributed by atoms with Crippen LogP contribution in [0.1, 0.15) is 265 Å². The predicted molar refractivity (Wildman–Crippen MR) is 352 cm³/mol. The van der Waals surface area contributed by atoms with Gasteiger partial charge >= 0.3 is 17.9 Å². The molecule has 0 saturated heterocycles. The number of hydrogen-bond donors (Lipinski definition) is 0. The second kappa shape index (κ2) is 67.3. The maximum absolute atomic E-state index is 12.9. The van der Waals surface area contributed by atoms with Crippen LogP contribution in [0.4, 0.5) is 0 Å². The third kappa shape index (κ3) is 65.5. The summed E-state index contributed by atoms with van der Waals surface area (Å²) in [6.07, 6.45) is 99.5. The summed E-state index contributed by atoms with van der Waals surface area (Å²) in [6.45, 7) is 6.23. The van der Waals surface area contributed by atoms with Gasteiger partial charge in [-0.25, -0.2) is 0 Å². The summed E-state index contributed by atoms with van der Waals surface area (Å²) < 4.78 is 16.8. The van der Waals surface area contributed by atoms with E-state index in [1.165, 1.54) is 70.6 Å². The van der Waals surface area contributed by atoms with Crippen molar-refractivity contribution in [2.75, 3.05) is 13.2 Å². The average Bonchev–Trinajstić information content (AvgIpc) is 3.46. The van der Waals surface area contributed by atoms with Gasteiger partial charge in [0.05, 0.1) is 0 Å². The fourth-order valence-corrected chi connectivity index (χ4v) is 8.43. The normalized spacial score (nSPS) is 13.3. The molecule has 0 amide bonds. The molecule has 0 aromatic rings. The standard InChI is InChI=1S/C75H118O6/c1-4-7-10-13-16-19-22-25-27-28-29-30-31-32-33-34-35-36-37-38-39-40-41-42-43-44-45-46-48-50-53-56-59-62-65-68-74(77)80-71-72(70-79-73(76)67-64-61-58-55-52-49-24-21-18-15-12-9-6-3)81-75(78)69-66-63-60-57-54-51-47-26-23-20-17-14-11-8-5-2/h7-12,16-21,25-27,29-30,32-33,35-36,38-39,47,49,52,54,57,72H,4-6,13-15,22-24,28,31,34,37,40-46,48,50-51,53,55-56,58-71H2,1-3H3/b10-7-,11-8-,12-9-,19-16-,20-17-,21-18-,27-25-,30-29-,33-32-,36-35-,39-38-,47-26-,52-49-,57-54-. The molecule has 1 unspecified atom stereocenters. The van der Waals surface area contributed by atoms with E-state index in [9.17, 15) is 14.4 Å². The van der Waals surface area contributed by atoms with Crippen LogP contribution in [0.3, 0.4) is 0 Å². The molecule has 1 atom stereocenters. The molecule has 6 heteroatoms. The Bertz CT molecular complexity index is 1860. The summed E-state index contributed by atoms with van der Waals surface area (Å²) in [5.74, 6) is -0.989. The molecule has 0 N–H and O–H groups in total. The highest BCUT2D eigenvalue weighted by Crippen LogP contribution is 2.15. The van der Waals surface area contributed by atoms with Gasteiger partial charge in [-0.05, 0) is 148 Å². The summed E-state index contributed by atoms with van der Waals surface area (Å²) in [7, 11) is 0. The second-order valence-electron chi connectivity index (χ2n) is 20.9. The van der Waals surface area contributed by atoms with E-state index in [4.69, 9.17) is 14.2 Å². The fraction of sp³-hybridized carbons (Fsp3) is 0.587. The molecule has 0 bridgehead atoms. The van der Waals surface area contributed by atoms with Crippen molar-refractivity contribution in [2.45, 2.75) is 271 Å². The topological polar surface area (TPSA) is 78.9 Å². The van der Waals surface area contributed by atoms with Gasteiger partial charge in [-0.1, -0.05) is 268 Å². The zero-order chi connectivity index (χ0) is 58.5. The van der Waals surface area contributed by atoms with E-state index in [1.807, 2.05) is 0 Å². The van der Waals surface area contributed by atoms with Gasteiger partial charge in [-0.15, -0.1) is 0 Å². The van der Waals surface area contributed by atoms with E-state index >= 15 is 0 Å². The van der Waals surface area contributed by atoms with Crippen LogP contribution in [-0.2, 0) is 28.6 Å². The van der Waals surface area contributed by atoms with Crippen molar-refractivity contribution < 1.29 is 28.6 Å². The minimum absolute atomic E-state index is 0.111. The summed E-state index contributed by atoms with van der Waals surface area (Å²) >= 11 is 0. The van der Waals surface area contributed by atoms with Crippen LogP contribution in [0.5, 0.6) is 0 Å². The molecule has 454 valence electrons. The lowest BCUT2D eigenvalue weighted by Gasteiger charge is -2.18. The van der Waals surface area contributed by atoms with Crippen molar-refractivity contribution in [3.63, 3.8) is 0 Å². The lowest BCUT2D eigenvalue weighted by atomic mass is 10.0. The maximum Gasteiger partial charge on any atom is 0.306 e. The Balaban J connectivity index is 4.25. The zero-order valence-corrected chi connectivity index (χ0v) is 52.0. The number of ether oxygens (including phenoxy) is 3. The number of carbonyl (C=O) groups is 3. The smallest absolute Gasteiger partial charge is 0.306 e. The zero-order valence-electron chi connectivity index (χ0n) is 52.0. The highest BCUT2D eigenvalue weighted by Gasteiger charge is 2.19. The van der Waals surface area contributed by atoms with E-state index in [0.29, 0.717) is 19.3 Å². The first kappa shape index (κ1) is 75.8. The number of carbonyl (C=O) groups excluding carboxylic acids is 3. The van der Waals surface area contributed by atoms with E-state index < -0.39 is 6.10 Å². The molecule has 0 radical (unpaired) electrons. The van der Waals surface area contributed by atoms with E-state index in [2.05, 4.69) is 191 Å². The molecule has 0 saturated carbocycles. The first-order valence-electron chi connectivity index (χ1n) is 32.6. The summed E-state index contributed by atoms with van der Waals surface area (Å²) in [5, 5.41) is 0. The molecule has 6 nitrogen and oxygen atoms in total. The molecule has 0 fully saturated rings. The second-order valence-corrected chi connectivity index (χ2v) is 20.9. The number of unbranched alkanes of at least 4 members (excludes halogenated alkanes) is 18. The van der Waals surface area contributed by atoms with Crippen molar-refractivity contribution in [3.8, 4) is 0 Å². The van der Waals surface area contributed by atoms with E-state index in [1.54, 1.807) is 0 Å². The Kier molecular flexibility index (Phi) is 62.9. The highest BCUT2D eigenvalue weighted by molar-refractivity contribution is 5.71. The molecule has 81 heavy (non-hydrogen) atoms. The lowest BCUT2D eigenvalue weighted by molar-refractivity contribution is -0.167. The van der Waals surface area contributed by atoms with Crippen molar-refractivity contribution in [3.05, 3.63) is 170 Å². The van der Waals surface area contributed by atoms with Crippen LogP contribution in [0, 0.1) is 0 Å². The minimum Gasteiger partial charge on any atom is -0.462 e. The SMILES string of the molecule is CC/C=C\C/C=C\C/C=C\C/C=C\C/C=C\C/C=C\C/C=C\CCCCCCCCCCCCCCCC(=O)OCC(COC(=O)CCCCC/C=C\C/C=C\C/C=C\CC)OC(=O)CCCC/C=C\C/C=C\C/C=C\C/C=C\CC. The molecule has 0 aliphatic heterocycles. The predicted octanol–water partition coefficient (Wildman–Crippen LogP) is 22.7. The summed E-state index contributed by atoms with van der Waals surface area (Å²) in [4.78, 5) is 38.2. The number of hydrogen-bond acceptors (Lipinski definition) is 6. The highest BCUT2D eigenvalue weighted by atomic mass is 16.6. The van der Waals surface area contributed by atoms with Crippen molar-refractivity contribution in [1.29, 1.82) is 0 Å². The number of esters is 3. The Hall–Kier alpha value is -5.23. The summed E-state index contributed by atoms with van der Waals surface area (Å²) in [5.41, 5.74) is 0. The molecule has 0 aliphatic rings. The Morgan fingerprint density at radius 2 is 0.444 bits per heavy atom. The van der Waals surface area contributed by atoms with Crippen molar-refractivity contribution in [1.82, 2.24) is 0 Å². The third-order valence-corrected chi connectivity index (χ3v) is 13.2. The van der Waals surface area contributed by atoms with Crippen LogP contribution in [0.2, 0.25) is 0 Å². The van der Waals surface area contributed by atoms with Gasteiger partial charge < -0.3 is 14.2 Å². The molecule has 0 aliphatic carbocycles. The quantitative estimate of drug-likeness (QED) is 0.0261. The maximum atomic E-state index is 12.9. The minimum atomic E-state index is -0.820. The molecule has 0 aromatic carbocycles. The van der Waals surface area contributed by atoms with E-state index in [0.717, 1.165) is 148 Å². The van der Waals surface area contributed by atoms with Gasteiger partial charge in [0.15, 0.2) is 6.10 Å². The van der Waals surface area contributed by atoms with Gasteiger partial charge in [0.1, 0.15) is 13.2 Å². The Labute approximate surface area is 498 Å². The lowest BCUT2D eigenvalue weighted by Crippen LogP contribution is -2.30. The molecule has 0 heterocycles. The van der Waals surface area contributed by atoms with Crippen LogP contribution < -0.4 is 0 Å². The van der Waals surface area contributed by atoms with Crippen molar-refractivity contribution >= 4 is 17.9 Å². The first-order valence-corrected chi connectivity index (χ1v) is 32.6. The van der Waals surface area contributed by atoms with Crippen LogP contribution in [0.25, 0.3) is 0 Å². The fourth-order valence-electron chi connectivity index (χ4n) is 8.43. The van der Waals surface area contributed by atoms with Gasteiger partial charge in [-0.3, -0.25) is 14.4 Å². The molecular weight excluding hydrogens is 997 g/mol. The molecule has 0 rings (SSSR count). The average molecular weight is 1120 g/mol. The third-order valence-electron chi connectivity index (χ3n) is 13.2. The van der Waals surface area contributed by atoms with Gasteiger partial charge in [0.25, 0.3) is 0 Å². The van der Waals surface area contributed by atoms with Crippen LogP contribution in [0.15, 0.2) is 170 Å². The Morgan fingerprint density at radius 1 is 0.247 bits per heavy atom. The van der Waals surface area contributed by atoms with E-state index in [-0.39, 0.29) is 37.5 Å².